The maximum Gasteiger partial charge on any atom is 0.239 e. The van der Waals surface area contributed by atoms with Gasteiger partial charge in [-0.05, 0) is 56.9 Å². The first-order valence-electron chi connectivity index (χ1n) is 9.41. The molecule has 1 N–H and O–H groups in total. The van der Waals surface area contributed by atoms with E-state index in [1.54, 1.807) is 0 Å². The van der Waals surface area contributed by atoms with Gasteiger partial charge in [0.1, 0.15) is 5.01 Å². The smallest absolute Gasteiger partial charge is 0.239 e. The lowest BCUT2D eigenvalue weighted by molar-refractivity contribution is -0.115. The second-order valence-corrected chi connectivity index (χ2v) is 10.0. The van der Waals surface area contributed by atoms with Crippen LogP contribution in [0.2, 0.25) is 0 Å². The van der Waals surface area contributed by atoms with E-state index in [0.29, 0.717) is 11.0 Å². The number of aryl methyl sites for hydroxylation is 3. The largest absolute Gasteiger partial charge is 0.300 e. The van der Waals surface area contributed by atoms with Crippen molar-refractivity contribution in [2.75, 3.05) is 5.32 Å². The third-order valence-corrected chi connectivity index (χ3v) is 6.26. The summed E-state index contributed by atoms with van der Waals surface area (Å²) < 4.78 is 0. The SMILES string of the molecule is Cc1cc(C)c2nc(SC(C)C(=O)Nc3nnc(CC(C)C)s3)cc(C)c2c1. The Bertz CT molecular complexity index is 1010. The van der Waals surface area contributed by atoms with E-state index in [4.69, 9.17) is 4.98 Å². The molecule has 3 aromatic rings. The highest BCUT2D eigenvalue weighted by Gasteiger charge is 2.18. The molecule has 7 heteroatoms. The van der Waals surface area contributed by atoms with Crippen molar-refractivity contribution in [1.29, 1.82) is 0 Å². The van der Waals surface area contributed by atoms with Gasteiger partial charge in [0.2, 0.25) is 11.0 Å². The summed E-state index contributed by atoms with van der Waals surface area (Å²) in [5.74, 6) is 0.429. The van der Waals surface area contributed by atoms with E-state index in [0.717, 1.165) is 27.5 Å². The maximum atomic E-state index is 12.6. The fraction of sp³-hybridized carbons (Fsp3) is 0.429. The van der Waals surface area contributed by atoms with E-state index >= 15 is 0 Å². The first-order valence-corrected chi connectivity index (χ1v) is 11.1. The van der Waals surface area contributed by atoms with Crippen LogP contribution in [0.5, 0.6) is 0 Å². The van der Waals surface area contributed by atoms with Gasteiger partial charge in [-0.15, -0.1) is 10.2 Å². The van der Waals surface area contributed by atoms with E-state index < -0.39 is 0 Å². The molecule has 0 saturated heterocycles. The van der Waals surface area contributed by atoms with Crippen LogP contribution in [0.25, 0.3) is 10.9 Å². The predicted octanol–water partition coefficient (Wildman–Crippen LogP) is 5.33. The number of benzene rings is 1. The van der Waals surface area contributed by atoms with Gasteiger partial charge in [0.05, 0.1) is 15.8 Å². The molecule has 1 atom stereocenters. The van der Waals surface area contributed by atoms with Crippen molar-refractivity contribution in [3.05, 3.63) is 39.9 Å². The normalized spacial score (nSPS) is 12.5. The fourth-order valence-electron chi connectivity index (χ4n) is 3.05. The zero-order valence-electron chi connectivity index (χ0n) is 17.2. The highest BCUT2D eigenvalue weighted by atomic mass is 32.2. The number of nitrogens with one attached hydrogen (secondary N) is 1. The highest BCUT2D eigenvalue weighted by Crippen LogP contribution is 2.29. The molecule has 0 aliphatic heterocycles. The zero-order chi connectivity index (χ0) is 20.4. The molecule has 0 fully saturated rings. The van der Waals surface area contributed by atoms with Crippen LogP contribution in [-0.2, 0) is 11.2 Å². The van der Waals surface area contributed by atoms with Crippen molar-refractivity contribution in [2.45, 2.75) is 58.2 Å². The van der Waals surface area contributed by atoms with E-state index in [-0.39, 0.29) is 11.2 Å². The molecule has 28 heavy (non-hydrogen) atoms. The van der Waals surface area contributed by atoms with Gasteiger partial charge in [0.15, 0.2) is 0 Å². The Hall–Kier alpha value is -1.99. The van der Waals surface area contributed by atoms with Crippen molar-refractivity contribution in [1.82, 2.24) is 15.2 Å². The van der Waals surface area contributed by atoms with Crippen molar-refractivity contribution < 1.29 is 4.79 Å². The standard InChI is InChI=1S/C21H26N4OS2/c1-11(2)7-18-24-25-21(28-18)23-20(26)15(6)27-17-10-13(4)16-9-12(3)8-14(5)19(16)22-17/h8-11,15H,7H2,1-6H3,(H,23,25,26). The van der Waals surface area contributed by atoms with E-state index in [2.05, 4.69) is 68.3 Å². The third-order valence-electron chi connectivity index (χ3n) is 4.38. The highest BCUT2D eigenvalue weighted by molar-refractivity contribution is 8.00. The number of hydrogen-bond donors (Lipinski definition) is 1. The van der Waals surface area contributed by atoms with Crippen molar-refractivity contribution in [3.63, 3.8) is 0 Å². The Labute approximate surface area is 174 Å². The van der Waals surface area contributed by atoms with Crippen molar-refractivity contribution in [3.8, 4) is 0 Å². The van der Waals surface area contributed by atoms with Crippen LogP contribution in [0.1, 0.15) is 42.5 Å². The number of carbonyl (C=O) groups is 1. The molecule has 1 amide bonds. The summed E-state index contributed by atoms with van der Waals surface area (Å²) in [6.45, 7) is 12.4. The molecule has 2 heterocycles. The summed E-state index contributed by atoms with van der Waals surface area (Å²) >= 11 is 2.91. The lowest BCUT2D eigenvalue weighted by Crippen LogP contribution is -2.22. The summed E-state index contributed by atoms with van der Waals surface area (Å²) in [4.78, 5) is 17.4. The summed E-state index contributed by atoms with van der Waals surface area (Å²) in [5.41, 5.74) is 4.57. The van der Waals surface area contributed by atoms with Crippen LogP contribution >= 0.6 is 23.1 Å². The Kier molecular flexibility index (Phi) is 6.35. The number of anilines is 1. The quantitative estimate of drug-likeness (QED) is 0.552. The van der Waals surface area contributed by atoms with E-state index in [1.807, 2.05) is 6.92 Å². The van der Waals surface area contributed by atoms with Crippen LogP contribution in [0.3, 0.4) is 0 Å². The number of hydrogen-bond acceptors (Lipinski definition) is 6. The fourth-order valence-corrected chi connectivity index (χ4v) is 4.92. The lowest BCUT2D eigenvalue weighted by Gasteiger charge is -2.13. The molecule has 0 aliphatic carbocycles. The average Bonchev–Trinajstić information content (AvgIpc) is 3.02. The van der Waals surface area contributed by atoms with Crippen molar-refractivity contribution in [2.24, 2.45) is 5.92 Å². The molecule has 1 aromatic carbocycles. The molecule has 0 radical (unpaired) electrons. The first kappa shape index (κ1) is 20.7. The summed E-state index contributed by atoms with van der Waals surface area (Å²) in [5, 5.41) is 14.4. The second-order valence-electron chi connectivity index (χ2n) is 7.60. The molecule has 5 nitrogen and oxygen atoms in total. The lowest BCUT2D eigenvalue weighted by atomic mass is 10.0. The molecule has 0 spiro atoms. The number of pyridine rings is 1. The van der Waals surface area contributed by atoms with Gasteiger partial charge in [0, 0.05) is 11.8 Å². The van der Waals surface area contributed by atoms with Gasteiger partial charge in [-0.25, -0.2) is 4.98 Å². The minimum atomic E-state index is -0.285. The van der Waals surface area contributed by atoms with Gasteiger partial charge in [-0.3, -0.25) is 10.1 Å². The van der Waals surface area contributed by atoms with E-state index in [9.17, 15) is 4.79 Å². The minimum Gasteiger partial charge on any atom is -0.300 e. The number of thioether (sulfide) groups is 1. The Morgan fingerprint density at radius 1 is 1.11 bits per heavy atom. The molecule has 0 saturated carbocycles. The van der Waals surface area contributed by atoms with Crippen molar-refractivity contribution >= 4 is 45.0 Å². The molecule has 1 unspecified atom stereocenters. The van der Waals surface area contributed by atoms with Crippen LogP contribution in [0.15, 0.2) is 23.2 Å². The average molecular weight is 415 g/mol. The van der Waals surface area contributed by atoms with Gasteiger partial charge in [0.25, 0.3) is 0 Å². The predicted molar refractivity (Wildman–Crippen MR) is 118 cm³/mol. The number of carbonyl (C=O) groups excluding carboxylic acids is 1. The maximum absolute atomic E-state index is 12.6. The zero-order valence-corrected chi connectivity index (χ0v) is 18.8. The van der Waals surface area contributed by atoms with Crippen LogP contribution in [0, 0.1) is 26.7 Å². The van der Waals surface area contributed by atoms with Crippen LogP contribution in [-0.4, -0.2) is 26.3 Å². The molecule has 0 bridgehead atoms. The van der Waals surface area contributed by atoms with E-state index in [1.165, 1.54) is 39.6 Å². The Balaban J connectivity index is 1.72. The molecule has 2 aromatic heterocycles. The monoisotopic (exact) mass is 414 g/mol. The number of rotatable bonds is 6. The molecular weight excluding hydrogens is 388 g/mol. The number of aromatic nitrogens is 3. The van der Waals surface area contributed by atoms with Gasteiger partial charge in [-0.1, -0.05) is 48.6 Å². The third kappa shape index (κ3) is 4.89. The summed E-state index contributed by atoms with van der Waals surface area (Å²) in [6.07, 6.45) is 0.872. The van der Waals surface area contributed by atoms with Gasteiger partial charge in [-0.2, -0.15) is 0 Å². The van der Waals surface area contributed by atoms with Gasteiger partial charge >= 0.3 is 0 Å². The Morgan fingerprint density at radius 3 is 2.57 bits per heavy atom. The molecule has 148 valence electrons. The second kappa shape index (κ2) is 8.57. The summed E-state index contributed by atoms with van der Waals surface area (Å²) in [7, 11) is 0. The topological polar surface area (TPSA) is 67.8 Å². The summed E-state index contributed by atoms with van der Waals surface area (Å²) in [6, 6.07) is 6.37. The Morgan fingerprint density at radius 2 is 1.86 bits per heavy atom. The molecular formula is C21H26N4OS2. The van der Waals surface area contributed by atoms with Crippen LogP contribution in [0.4, 0.5) is 5.13 Å². The minimum absolute atomic E-state index is 0.0857. The molecule has 0 aliphatic rings. The molecule has 3 rings (SSSR count). The number of nitrogens with zero attached hydrogens (tertiary/aromatic N) is 3. The van der Waals surface area contributed by atoms with Gasteiger partial charge < -0.3 is 0 Å². The first-order chi connectivity index (χ1) is 13.2. The number of fused-ring (bicyclic) bond motifs is 1. The number of amides is 1. The van der Waals surface area contributed by atoms with Crippen LogP contribution < -0.4 is 5.32 Å².